The highest BCUT2D eigenvalue weighted by molar-refractivity contribution is 7.98. The largest absolute Gasteiger partial charge is 0.396 e. The fourth-order valence-electron chi connectivity index (χ4n) is 1.90. The molecule has 1 heterocycles. The molecule has 0 atom stereocenters. The minimum Gasteiger partial charge on any atom is -0.396 e. The Kier molecular flexibility index (Phi) is 5.61. The summed E-state index contributed by atoms with van der Waals surface area (Å²) >= 11 is 1.28. The molecule has 0 saturated heterocycles. The molecule has 1 N–H and O–H groups in total. The summed E-state index contributed by atoms with van der Waals surface area (Å²) in [4.78, 5) is 8.47. The van der Waals surface area contributed by atoms with Crippen LogP contribution in [-0.4, -0.2) is 36.4 Å². The van der Waals surface area contributed by atoms with Crippen LogP contribution in [0.15, 0.2) is 34.3 Å². The summed E-state index contributed by atoms with van der Waals surface area (Å²) in [5, 5.41) is 9.51. The Morgan fingerprint density at radius 1 is 1.17 bits per heavy atom. The fraction of sp³-hybridized carbons (Fsp3) is 0.333. The van der Waals surface area contributed by atoms with E-state index >= 15 is 0 Å². The van der Waals surface area contributed by atoms with Gasteiger partial charge in [0.05, 0.1) is 5.69 Å². The maximum absolute atomic E-state index is 12.4. The zero-order valence-electron chi connectivity index (χ0n) is 13.1. The molecule has 6 nitrogen and oxygen atoms in total. The van der Waals surface area contributed by atoms with Crippen LogP contribution in [0.25, 0.3) is 0 Å². The molecule has 0 aliphatic carbocycles. The molecular weight excluding hydrogens is 336 g/mol. The number of benzene rings is 1. The van der Waals surface area contributed by atoms with Gasteiger partial charge in [-0.05, 0) is 32.2 Å². The molecule has 23 heavy (non-hydrogen) atoms. The van der Waals surface area contributed by atoms with Crippen molar-refractivity contribution in [3.8, 4) is 5.88 Å². The number of rotatable bonds is 6. The molecule has 1 aromatic heterocycles. The molecule has 2 rings (SSSR count). The monoisotopic (exact) mass is 354 g/mol. The Hall–Kier alpha value is -1.64. The van der Waals surface area contributed by atoms with E-state index in [1.807, 2.05) is 6.92 Å². The van der Waals surface area contributed by atoms with Gasteiger partial charge in [-0.1, -0.05) is 29.5 Å². The zero-order chi connectivity index (χ0) is 17.0. The molecular formula is C15H18N2O4S2. The standard InChI is InChI=1S/C15H18N2O4S2/c1-10-4-6-12(7-5-10)23(19,20)21-14-11(2)13(8-9-18)16-15(17-14)22-3/h4-7,18H,8-9H2,1-3H3. The number of hydrogen-bond donors (Lipinski definition) is 1. The molecule has 8 heteroatoms. The van der Waals surface area contributed by atoms with E-state index in [4.69, 9.17) is 9.29 Å². The molecule has 0 radical (unpaired) electrons. The first-order valence-electron chi connectivity index (χ1n) is 6.91. The predicted octanol–water partition coefficient (Wildman–Crippen LogP) is 2.12. The second-order valence-electron chi connectivity index (χ2n) is 4.91. The molecule has 0 aliphatic rings. The van der Waals surface area contributed by atoms with Crippen molar-refractivity contribution in [2.75, 3.05) is 12.9 Å². The lowest BCUT2D eigenvalue weighted by atomic mass is 10.2. The van der Waals surface area contributed by atoms with Gasteiger partial charge < -0.3 is 9.29 Å². The highest BCUT2D eigenvalue weighted by Gasteiger charge is 2.21. The van der Waals surface area contributed by atoms with Gasteiger partial charge in [0.15, 0.2) is 5.16 Å². The number of aromatic nitrogens is 2. The number of hydrogen-bond acceptors (Lipinski definition) is 7. The van der Waals surface area contributed by atoms with Gasteiger partial charge in [0, 0.05) is 18.6 Å². The summed E-state index contributed by atoms with van der Waals surface area (Å²) in [5.41, 5.74) is 2.03. The van der Waals surface area contributed by atoms with Crippen molar-refractivity contribution < 1.29 is 17.7 Å². The molecule has 2 aromatic rings. The minimum absolute atomic E-state index is 0.00613. The lowest BCUT2D eigenvalue weighted by Gasteiger charge is -2.12. The third-order valence-electron chi connectivity index (χ3n) is 3.21. The molecule has 0 spiro atoms. The summed E-state index contributed by atoms with van der Waals surface area (Å²) in [6, 6.07) is 6.39. The van der Waals surface area contributed by atoms with Crippen LogP contribution in [0.3, 0.4) is 0 Å². The van der Waals surface area contributed by atoms with E-state index in [0.29, 0.717) is 22.8 Å². The second kappa shape index (κ2) is 7.29. The lowest BCUT2D eigenvalue weighted by Crippen LogP contribution is -2.13. The highest BCUT2D eigenvalue weighted by Crippen LogP contribution is 2.25. The van der Waals surface area contributed by atoms with Crippen molar-refractivity contribution in [2.45, 2.75) is 30.3 Å². The molecule has 0 bridgehead atoms. The van der Waals surface area contributed by atoms with E-state index in [1.165, 1.54) is 23.9 Å². The maximum Gasteiger partial charge on any atom is 0.340 e. The van der Waals surface area contributed by atoms with Crippen LogP contribution < -0.4 is 4.18 Å². The quantitative estimate of drug-likeness (QED) is 0.483. The summed E-state index contributed by atoms with van der Waals surface area (Å²) in [6.45, 7) is 3.46. The average Bonchev–Trinajstić information content (AvgIpc) is 2.51. The predicted molar refractivity (Wildman–Crippen MR) is 88.3 cm³/mol. The van der Waals surface area contributed by atoms with Crippen LogP contribution in [-0.2, 0) is 16.5 Å². The first-order valence-corrected chi connectivity index (χ1v) is 9.54. The first-order chi connectivity index (χ1) is 10.9. The van der Waals surface area contributed by atoms with Crippen LogP contribution >= 0.6 is 11.8 Å². The summed E-state index contributed by atoms with van der Waals surface area (Å²) < 4.78 is 30.0. The van der Waals surface area contributed by atoms with E-state index in [-0.39, 0.29) is 17.4 Å². The normalized spacial score (nSPS) is 11.5. The minimum atomic E-state index is -3.97. The van der Waals surface area contributed by atoms with Crippen LogP contribution in [0.5, 0.6) is 5.88 Å². The molecule has 0 aliphatic heterocycles. The van der Waals surface area contributed by atoms with Crippen molar-refractivity contribution in [1.82, 2.24) is 9.97 Å². The SMILES string of the molecule is CSc1nc(CCO)c(C)c(OS(=O)(=O)c2ccc(C)cc2)n1. The van der Waals surface area contributed by atoms with Gasteiger partial charge in [-0.15, -0.1) is 0 Å². The molecule has 0 unspecified atom stereocenters. The number of nitrogens with zero attached hydrogens (tertiary/aromatic N) is 2. The Bertz CT molecular complexity index is 790. The maximum atomic E-state index is 12.4. The number of aliphatic hydroxyl groups excluding tert-OH is 1. The highest BCUT2D eigenvalue weighted by atomic mass is 32.2. The first kappa shape index (κ1) is 17.7. The zero-order valence-corrected chi connectivity index (χ0v) is 14.7. The second-order valence-corrected chi connectivity index (χ2v) is 7.23. The molecule has 124 valence electrons. The average molecular weight is 354 g/mol. The van der Waals surface area contributed by atoms with Crippen molar-refractivity contribution in [3.05, 3.63) is 41.1 Å². The van der Waals surface area contributed by atoms with E-state index in [1.54, 1.807) is 25.3 Å². The van der Waals surface area contributed by atoms with Gasteiger partial charge in [0.1, 0.15) is 4.90 Å². The van der Waals surface area contributed by atoms with Crippen LogP contribution in [0.2, 0.25) is 0 Å². The Labute approximate surface area is 140 Å². The topological polar surface area (TPSA) is 89.4 Å². The van der Waals surface area contributed by atoms with Crippen LogP contribution in [0, 0.1) is 13.8 Å². The van der Waals surface area contributed by atoms with Crippen LogP contribution in [0.1, 0.15) is 16.8 Å². The summed E-state index contributed by atoms with van der Waals surface area (Å²) in [5.74, 6) is -0.00613. The van der Waals surface area contributed by atoms with Gasteiger partial charge in [-0.2, -0.15) is 13.4 Å². The lowest BCUT2D eigenvalue weighted by molar-refractivity contribution is 0.297. The third-order valence-corrected chi connectivity index (χ3v) is 4.99. The summed E-state index contributed by atoms with van der Waals surface area (Å²) in [7, 11) is -3.97. The molecule has 0 saturated carbocycles. The summed E-state index contributed by atoms with van der Waals surface area (Å²) in [6.07, 6.45) is 2.09. The van der Waals surface area contributed by atoms with Gasteiger partial charge in [0.25, 0.3) is 0 Å². The van der Waals surface area contributed by atoms with Crippen LogP contribution in [0.4, 0.5) is 0 Å². The Morgan fingerprint density at radius 3 is 2.39 bits per heavy atom. The molecule has 1 aromatic carbocycles. The van der Waals surface area contributed by atoms with Crippen molar-refractivity contribution in [3.63, 3.8) is 0 Å². The van der Waals surface area contributed by atoms with Crippen molar-refractivity contribution in [1.29, 1.82) is 0 Å². The van der Waals surface area contributed by atoms with Crippen molar-refractivity contribution in [2.24, 2.45) is 0 Å². The van der Waals surface area contributed by atoms with E-state index in [2.05, 4.69) is 9.97 Å². The fourth-order valence-corrected chi connectivity index (χ4v) is 3.21. The smallest absolute Gasteiger partial charge is 0.340 e. The van der Waals surface area contributed by atoms with Gasteiger partial charge >= 0.3 is 10.1 Å². The van der Waals surface area contributed by atoms with Gasteiger partial charge in [0.2, 0.25) is 5.88 Å². The third kappa shape index (κ3) is 4.21. The van der Waals surface area contributed by atoms with E-state index in [9.17, 15) is 8.42 Å². The van der Waals surface area contributed by atoms with E-state index in [0.717, 1.165) is 5.56 Å². The van der Waals surface area contributed by atoms with Gasteiger partial charge in [-0.25, -0.2) is 4.98 Å². The Balaban J connectivity index is 2.42. The molecule has 0 fully saturated rings. The van der Waals surface area contributed by atoms with Crippen molar-refractivity contribution >= 4 is 21.9 Å². The number of aliphatic hydroxyl groups is 1. The van der Waals surface area contributed by atoms with Gasteiger partial charge in [-0.3, -0.25) is 0 Å². The Morgan fingerprint density at radius 2 is 1.83 bits per heavy atom. The van der Waals surface area contributed by atoms with E-state index < -0.39 is 10.1 Å². The molecule has 0 amide bonds. The number of thioether (sulfide) groups is 1. The number of aryl methyl sites for hydroxylation is 1.